The lowest BCUT2D eigenvalue weighted by molar-refractivity contribution is -0.143. The zero-order valence-electron chi connectivity index (χ0n) is 18.8. The summed E-state index contributed by atoms with van der Waals surface area (Å²) in [6, 6.07) is 9.75. The number of carbonyl (C=O) groups is 3. The third-order valence-electron chi connectivity index (χ3n) is 4.52. The van der Waals surface area contributed by atoms with Gasteiger partial charge in [-0.2, -0.15) is 0 Å². The summed E-state index contributed by atoms with van der Waals surface area (Å²) in [7, 11) is 2.35. The number of rotatable bonds is 11. The molecule has 8 nitrogen and oxygen atoms in total. The zero-order valence-corrected chi connectivity index (χ0v) is 18.8. The number of benzene rings is 2. The molecule has 2 aromatic rings. The summed E-state index contributed by atoms with van der Waals surface area (Å²) >= 11 is 0. The molecule has 0 saturated heterocycles. The van der Waals surface area contributed by atoms with E-state index in [1.54, 1.807) is 30.3 Å². The molecule has 2 aromatic carbocycles. The molecule has 8 heteroatoms. The minimum atomic E-state index is -1.00. The molecule has 0 amide bonds. The Labute approximate surface area is 192 Å². The quantitative estimate of drug-likeness (QED) is 0.179. The van der Waals surface area contributed by atoms with Gasteiger partial charge in [0, 0.05) is 5.56 Å². The number of methoxy groups -OCH3 is 2. The molecular weight excluding hydrogens is 428 g/mol. The molecule has 1 N–H and O–H groups in total. The summed E-state index contributed by atoms with van der Waals surface area (Å²) in [4.78, 5) is 35.1. The third kappa shape index (κ3) is 6.70. The molecule has 0 aliphatic rings. The number of hydrogen-bond donors (Lipinski definition) is 1. The second-order valence-corrected chi connectivity index (χ2v) is 6.77. The summed E-state index contributed by atoms with van der Waals surface area (Å²) < 4.78 is 21.2. The van der Waals surface area contributed by atoms with Crippen molar-refractivity contribution in [1.82, 2.24) is 0 Å². The molecule has 0 radical (unpaired) electrons. The fraction of sp³-hybridized carbons (Fsp3) is 0.240. The minimum Gasteiger partial charge on any atom is -0.490 e. The van der Waals surface area contributed by atoms with Gasteiger partial charge in [0.25, 0.3) is 0 Å². The van der Waals surface area contributed by atoms with Gasteiger partial charge in [-0.15, -0.1) is 6.58 Å². The van der Waals surface area contributed by atoms with Crippen LogP contribution < -0.4 is 9.47 Å². The number of aromatic carboxylic acids is 1. The molecule has 0 spiro atoms. The second kappa shape index (κ2) is 12.1. The molecule has 0 unspecified atom stereocenters. The smallest absolute Gasteiger partial charge is 0.345 e. The maximum atomic E-state index is 12.0. The van der Waals surface area contributed by atoms with E-state index >= 15 is 0 Å². The number of hydrogen-bond acceptors (Lipinski definition) is 7. The van der Waals surface area contributed by atoms with Gasteiger partial charge in [-0.25, -0.2) is 14.4 Å². The highest BCUT2D eigenvalue weighted by molar-refractivity contribution is 6.17. The molecule has 0 bridgehead atoms. The topological polar surface area (TPSA) is 108 Å². The SMILES string of the molecule is C=CCc1cc(C=C(C(=O)OC)C(=O)OC)cc(OCC)c1OCc1ccc(C(=O)O)cc1. The van der Waals surface area contributed by atoms with Gasteiger partial charge in [0.05, 0.1) is 26.4 Å². The monoisotopic (exact) mass is 454 g/mol. The zero-order chi connectivity index (χ0) is 24.4. The van der Waals surface area contributed by atoms with Crippen LogP contribution in [0, 0.1) is 0 Å². The largest absolute Gasteiger partial charge is 0.490 e. The number of esters is 2. The van der Waals surface area contributed by atoms with Crippen LogP contribution in [-0.4, -0.2) is 43.8 Å². The predicted octanol–water partition coefficient (Wildman–Crippen LogP) is 3.82. The summed E-state index contributed by atoms with van der Waals surface area (Å²) in [5, 5.41) is 9.04. The molecular formula is C25H26O8. The second-order valence-electron chi connectivity index (χ2n) is 6.77. The Bertz CT molecular complexity index is 1030. The van der Waals surface area contributed by atoms with Crippen LogP contribution in [0.4, 0.5) is 0 Å². The van der Waals surface area contributed by atoms with Crippen LogP contribution in [0.15, 0.2) is 54.6 Å². The van der Waals surface area contributed by atoms with Crippen molar-refractivity contribution in [3.05, 3.63) is 76.9 Å². The van der Waals surface area contributed by atoms with Crippen LogP contribution in [-0.2, 0) is 32.1 Å². The van der Waals surface area contributed by atoms with Crippen molar-refractivity contribution in [1.29, 1.82) is 0 Å². The Kier molecular flexibility index (Phi) is 9.23. The number of carbonyl (C=O) groups excluding carboxylic acids is 2. The Morgan fingerprint density at radius 2 is 1.64 bits per heavy atom. The Morgan fingerprint density at radius 3 is 2.15 bits per heavy atom. The van der Waals surface area contributed by atoms with Gasteiger partial charge in [-0.05, 0) is 54.8 Å². The molecule has 0 aromatic heterocycles. The van der Waals surface area contributed by atoms with Gasteiger partial charge >= 0.3 is 17.9 Å². The minimum absolute atomic E-state index is 0.175. The number of carboxylic acids is 1. The Hall–Kier alpha value is -4.07. The van der Waals surface area contributed by atoms with Crippen molar-refractivity contribution >= 4 is 24.0 Å². The van der Waals surface area contributed by atoms with E-state index in [9.17, 15) is 14.4 Å². The molecule has 0 aliphatic heterocycles. The molecule has 33 heavy (non-hydrogen) atoms. The highest BCUT2D eigenvalue weighted by Gasteiger charge is 2.21. The van der Waals surface area contributed by atoms with Gasteiger partial charge in [-0.1, -0.05) is 18.2 Å². The van der Waals surface area contributed by atoms with E-state index in [4.69, 9.17) is 14.6 Å². The summed E-state index contributed by atoms with van der Waals surface area (Å²) in [5.41, 5.74) is 1.93. The average molecular weight is 454 g/mol. The Morgan fingerprint density at radius 1 is 1.00 bits per heavy atom. The first-order valence-corrected chi connectivity index (χ1v) is 10.1. The van der Waals surface area contributed by atoms with Crippen molar-refractivity contribution < 1.29 is 38.4 Å². The van der Waals surface area contributed by atoms with E-state index in [1.165, 1.54) is 32.4 Å². The summed E-state index contributed by atoms with van der Waals surface area (Å²) in [6.07, 6.45) is 3.48. The van der Waals surface area contributed by atoms with Gasteiger partial charge in [-0.3, -0.25) is 0 Å². The van der Waals surface area contributed by atoms with Gasteiger partial charge in [0.15, 0.2) is 11.5 Å². The van der Waals surface area contributed by atoms with Crippen LogP contribution in [0.3, 0.4) is 0 Å². The van der Waals surface area contributed by atoms with E-state index in [1.807, 2.05) is 6.92 Å². The molecule has 0 saturated carbocycles. The fourth-order valence-corrected chi connectivity index (χ4v) is 2.99. The van der Waals surface area contributed by atoms with Crippen LogP contribution in [0.5, 0.6) is 11.5 Å². The maximum absolute atomic E-state index is 12.0. The number of allylic oxidation sites excluding steroid dienone is 1. The number of ether oxygens (including phenoxy) is 4. The lowest BCUT2D eigenvalue weighted by Crippen LogP contribution is -2.15. The maximum Gasteiger partial charge on any atom is 0.345 e. The predicted molar refractivity (Wildman–Crippen MR) is 121 cm³/mol. The molecule has 0 heterocycles. The molecule has 0 fully saturated rings. The van der Waals surface area contributed by atoms with E-state index in [2.05, 4.69) is 16.1 Å². The highest BCUT2D eigenvalue weighted by atomic mass is 16.5. The molecule has 2 rings (SSSR count). The van der Waals surface area contributed by atoms with Crippen molar-refractivity contribution in [3.8, 4) is 11.5 Å². The van der Waals surface area contributed by atoms with Crippen LogP contribution in [0.1, 0.15) is 34.0 Å². The van der Waals surface area contributed by atoms with E-state index in [-0.39, 0.29) is 17.7 Å². The van der Waals surface area contributed by atoms with Crippen molar-refractivity contribution in [2.75, 3.05) is 20.8 Å². The van der Waals surface area contributed by atoms with E-state index in [0.717, 1.165) is 11.1 Å². The van der Waals surface area contributed by atoms with E-state index in [0.29, 0.717) is 30.1 Å². The summed E-state index contributed by atoms with van der Waals surface area (Å²) in [6.45, 7) is 6.12. The average Bonchev–Trinajstić information content (AvgIpc) is 2.81. The third-order valence-corrected chi connectivity index (χ3v) is 4.52. The standard InChI is InChI=1S/C25H26O8/c1-5-7-19-12-17(13-20(24(28)30-3)25(29)31-4)14-21(32-6-2)22(19)33-15-16-8-10-18(11-9-16)23(26)27/h5,8-14H,1,6-7,15H2,2-4H3,(H,26,27). The van der Waals surface area contributed by atoms with Crippen LogP contribution >= 0.6 is 0 Å². The van der Waals surface area contributed by atoms with Crippen molar-refractivity contribution in [3.63, 3.8) is 0 Å². The molecule has 0 atom stereocenters. The lowest BCUT2D eigenvalue weighted by atomic mass is 10.0. The fourth-order valence-electron chi connectivity index (χ4n) is 2.99. The lowest BCUT2D eigenvalue weighted by Gasteiger charge is -2.17. The highest BCUT2D eigenvalue weighted by Crippen LogP contribution is 2.35. The van der Waals surface area contributed by atoms with Crippen molar-refractivity contribution in [2.45, 2.75) is 20.0 Å². The normalized spacial score (nSPS) is 10.0. The van der Waals surface area contributed by atoms with Crippen LogP contribution in [0.25, 0.3) is 6.08 Å². The van der Waals surface area contributed by atoms with Crippen molar-refractivity contribution in [2.24, 2.45) is 0 Å². The van der Waals surface area contributed by atoms with Gasteiger partial charge in [0.2, 0.25) is 0 Å². The first kappa shape index (κ1) is 25.2. The molecule has 174 valence electrons. The molecule has 0 aliphatic carbocycles. The Balaban J connectivity index is 2.46. The summed E-state index contributed by atoms with van der Waals surface area (Å²) in [5.74, 6) is -1.75. The number of carboxylic acid groups (broad SMARTS) is 1. The first-order chi connectivity index (χ1) is 15.8. The van der Waals surface area contributed by atoms with Crippen LogP contribution in [0.2, 0.25) is 0 Å². The van der Waals surface area contributed by atoms with Gasteiger partial charge < -0.3 is 24.1 Å². The van der Waals surface area contributed by atoms with Gasteiger partial charge in [0.1, 0.15) is 12.2 Å². The first-order valence-electron chi connectivity index (χ1n) is 10.1. The van der Waals surface area contributed by atoms with E-state index < -0.39 is 17.9 Å².